The Labute approximate surface area is 138 Å². The van der Waals surface area contributed by atoms with Crippen LogP contribution in [0.1, 0.15) is 21.5 Å². The highest BCUT2D eigenvalue weighted by Gasteiger charge is 2.23. The number of aromatic amines is 1. The van der Waals surface area contributed by atoms with Gasteiger partial charge in [-0.25, -0.2) is 0 Å². The molecule has 4 rings (SSSR count). The van der Waals surface area contributed by atoms with Crippen LogP contribution in [0.2, 0.25) is 0 Å². The normalized spacial score (nSPS) is 13.8. The van der Waals surface area contributed by atoms with Crippen LogP contribution in [-0.4, -0.2) is 27.4 Å². The Morgan fingerprint density at radius 3 is 2.88 bits per heavy atom. The summed E-state index contributed by atoms with van der Waals surface area (Å²) >= 11 is 0. The Hall–Kier alpha value is -3.08. The van der Waals surface area contributed by atoms with Crippen LogP contribution in [0.15, 0.2) is 53.5 Å². The highest BCUT2D eigenvalue weighted by molar-refractivity contribution is 6.06. The van der Waals surface area contributed by atoms with Gasteiger partial charge in [0.25, 0.3) is 5.91 Å². The predicted molar refractivity (Wildman–Crippen MR) is 91.1 cm³/mol. The number of aromatic hydroxyl groups is 1. The van der Waals surface area contributed by atoms with Crippen LogP contribution in [0.3, 0.4) is 0 Å². The smallest absolute Gasteiger partial charge is 0.254 e. The van der Waals surface area contributed by atoms with Gasteiger partial charge in [-0.2, -0.15) is 0 Å². The number of rotatable bonds is 1. The van der Waals surface area contributed by atoms with E-state index >= 15 is 0 Å². The standard InChI is InChI=1S/C19H16N2O3/c22-15-5-4-14-11-21(7-6-12(14)8-15)19(24)16-3-1-2-13-9-18(23)20-10-17(13)16/h1-5,8-10,22H,6-7,11H2,(H,20,23). The van der Waals surface area contributed by atoms with Gasteiger partial charge in [0.1, 0.15) is 5.75 Å². The second kappa shape index (κ2) is 5.53. The SMILES string of the molecule is O=C(c1cccc2cc(=O)[nH]cc12)N1CCc2cc(O)ccc2C1. The number of hydrogen-bond acceptors (Lipinski definition) is 3. The lowest BCUT2D eigenvalue weighted by Gasteiger charge is -2.29. The summed E-state index contributed by atoms with van der Waals surface area (Å²) in [4.78, 5) is 28.9. The predicted octanol–water partition coefficient (Wildman–Crippen LogP) is 2.43. The quantitative estimate of drug-likeness (QED) is 0.723. The van der Waals surface area contributed by atoms with E-state index in [2.05, 4.69) is 4.98 Å². The van der Waals surface area contributed by atoms with Crippen LogP contribution in [0.4, 0.5) is 0 Å². The fourth-order valence-corrected chi connectivity index (χ4v) is 3.27. The fraction of sp³-hybridized carbons (Fsp3) is 0.158. The molecule has 1 aromatic heterocycles. The number of carbonyl (C=O) groups is 1. The van der Waals surface area contributed by atoms with Crippen LogP contribution in [-0.2, 0) is 13.0 Å². The summed E-state index contributed by atoms with van der Waals surface area (Å²) < 4.78 is 0. The van der Waals surface area contributed by atoms with Gasteiger partial charge in [0.15, 0.2) is 0 Å². The molecule has 24 heavy (non-hydrogen) atoms. The van der Waals surface area contributed by atoms with Gasteiger partial charge >= 0.3 is 0 Å². The minimum absolute atomic E-state index is 0.0497. The second-order valence-corrected chi connectivity index (χ2v) is 6.04. The molecule has 0 fully saturated rings. The summed E-state index contributed by atoms with van der Waals surface area (Å²) in [5, 5.41) is 11.1. The van der Waals surface area contributed by atoms with Crippen molar-refractivity contribution in [3.05, 3.63) is 75.7 Å². The number of fused-ring (bicyclic) bond motifs is 2. The van der Waals surface area contributed by atoms with Gasteiger partial charge in [-0.3, -0.25) is 9.59 Å². The molecule has 120 valence electrons. The Bertz CT molecular complexity index is 1010. The number of nitrogens with one attached hydrogen (secondary N) is 1. The molecule has 2 heterocycles. The first kappa shape index (κ1) is 14.5. The van der Waals surface area contributed by atoms with E-state index in [-0.39, 0.29) is 17.2 Å². The molecule has 0 spiro atoms. The topological polar surface area (TPSA) is 73.4 Å². The van der Waals surface area contributed by atoms with Crippen LogP contribution in [0.25, 0.3) is 10.8 Å². The molecule has 5 nitrogen and oxygen atoms in total. The van der Waals surface area contributed by atoms with Crippen LogP contribution >= 0.6 is 0 Å². The number of amides is 1. The van der Waals surface area contributed by atoms with Crippen molar-refractivity contribution < 1.29 is 9.90 Å². The maximum absolute atomic E-state index is 13.0. The van der Waals surface area contributed by atoms with E-state index in [1.54, 1.807) is 35.4 Å². The van der Waals surface area contributed by atoms with Crippen LogP contribution < -0.4 is 5.56 Å². The largest absolute Gasteiger partial charge is 0.508 e. The molecule has 0 unspecified atom stereocenters. The number of aromatic nitrogens is 1. The van der Waals surface area contributed by atoms with E-state index in [9.17, 15) is 14.7 Å². The summed E-state index contributed by atoms with van der Waals surface area (Å²) in [6.07, 6.45) is 2.32. The summed E-state index contributed by atoms with van der Waals surface area (Å²) in [6.45, 7) is 1.13. The Kier molecular flexibility index (Phi) is 3.34. The van der Waals surface area contributed by atoms with Gasteiger partial charge in [-0.05, 0) is 41.1 Å². The van der Waals surface area contributed by atoms with Gasteiger partial charge in [-0.1, -0.05) is 18.2 Å². The van der Waals surface area contributed by atoms with E-state index in [1.165, 1.54) is 6.07 Å². The maximum atomic E-state index is 13.0. The van der Waals surface area contributed by atoms with Crippen molar-refractivity contribution in [2.24, 2.45) is 0 Å². The minimum atomic E-state index is -0.182. The first-order valence-corrected chi connectivity index (χ1v) is 7.83. The molecule has 2 aromatic carbocycles. The van der Waals surface area contributed by atoms with Crippen molar-refractivity contribution in [1.82, 2.24) is 9.88 Å². The molecular formula is C19H16N2O3. The fourth-order valence-electron chi connectivity index (χ4n) is 3.27. The van der Waals surface area contributed by atoms with E-state index in [4.69, 9.17) is 0 Å². The number of hydrogen-bond donors (Lipinski definition) is 2. The third-order valence-corrected chi connectivity index (χ3v) is 4.50. The van der Waals surface area contributed by atoms with Gasteiger partial charge in [-0.15, -0.1) is 0 Å². The number of H-pyrrole nitrogens is 1. The van der Waals surface area contributed by atoms with E-state index < -0.39 is 0 Å². The van der Waals surface area contributed by atoms with E-state index in [0.717, 1.165) is 28.3 Å². The lowest BCUT2D eigenvalue weighted by molar-refractivity contribution is 0.0736. The van der Waals surface area contributed by atoms with Crippen LogP contribution in [0.5, 0.6) is 5.75 Å². The van der Waals surface area contributed by atoms with Crippen molar-refractivity contribution in [3.8, 4) is 5.75 Å². The minimum Gasteiger partial charge on any atom is -0.508 e. The molecular weight excluding hydrogens is 304 g/mol. The monoisotopic (exact) mass is 320 g/mol. The number of phenols is 1. The summed E-state index contributed by atoms with van der Waals surface area (Å²) in [7, 11) is 0. The third-order valence-electron chi connectivity index (χ3n) is 4.50. The average Bonchev–Trinajstić information content (AvgIpc) is 2.60. The molecule has 1 amide bonds. The molecule has 0 atom stereocenters. The highest BCUT2D eigenvalue weighted by Crippen LogP contribution is 2.25. The summed E-state index contributed by atoms with van der Waals surface area (Å²) in [6, 6.07) is 12.2. The highest BCUT2D eigenvalue weighted by atomic mass is 16.3. The lowest BCUT2D eigenvalue weighted by atomic mass is 9.98. The number of carbonyl (C=O) groups excluding carboxylic acids is 1. The van der Waals surface area contributed by atoms with Crippen molar-refractivity contribution in [1.29, 1.82) is 0 Å². The maximum Gasteiger partial charge on any atom is 0.254 e. The third kappa shape index (κ3) is 2.44. The summed E-state index contributed by atoms with van der Waals surface area (Å²) in [5.41, 5.74) is 2.55. The number of benzene rings is 2. The Morgan fingerprint density at radius 2 is 2.00 bits per heavy atom. The van der Waals surface area contributed by atoms with Gasteiger partial charge in [0.2, 0.25) is 5.56 Å². The molecule has 0 bridgehead atoms. The van der Waals surface area contributed by atoms with E-state index in [1.807, 2.05) is 12.1 Å². The van der Waals surface area contributed by atoms with Crippen molar-refractivity contribution in [2.75, 3.05) is 6.54 Å². The Balaban J connectivity index is 1.70. The van der Waals surface area contributed by atoms with Gasteiger partial charge in [0, 0.05) is 36.3 Å². The van der Waals surface area contributed by atoms with Crippen LogP contribution in [0, 0.1) is 0 Å². The van der Waals surface area contributed by atoms with Gasteiger partial charge in [0.05, 0.1) is 0 Å². The molecule has 1 aliphatic rings. The average molecular weight is 320 g/mol. The molecule has 0 aliphatic carbocycles. The van der Waals surface area contributed by atoms with Crippen molar-refractivity contribution in [2.45, 2.75) is 13.0 Å². The van der Waals surface area contributed by atoms with Crippen molar-refractivity contribution in [3.63, 3.8) is 0 Å². The molecule has 0 saturated heterocycles. The first-order chi connectivity index (χ1) is 11.6. The zero-order valence-corrected chi connectivity index (χ0v) is 13.0. The molecule has 0 saturated carbocycles. The second-order valence-electron chi connectivity index (χ2n) is 6.04. The number of nitrogens with zero attached hydrogens (tertiary/aromatic N) is 1. The zero-order chi connectivity index (χ0) is 16.7. The molecule has 5 heteroatoms. The van der Waals surface area contributed by atoms with Gasteiger partial charge < -0.3 is 15.0 Å². The van der Waals surface area contributed by atoms with Crippen molar-refractivity contribution >= 4 is 16.7 Å². The zero-order valence-electron chi connectivity index (χ0n) is 13.0. The molecule has 2 N–H and O–H groups in total. The molecule has 3 aromatic rings. The first-order valence-electron chi connectivity index (χ1n) is 7.83. The molecule has 1 aliphatic heterocycles. The number of phenolic OH excluding ortho intramolecular Hbond substituents is 1. The van der Waals surface area contributed by atoms with E-state index in [0.29, 0.717) is 18.7 Å². The molecule has 0 radical (unpaired) electrons. The summed E-state index contributed by atoms with van der Waals surface area (Å²) in [5.74, 6) is 0.206. The Morgan fingerprint density at radius 1 is 1.12 bits per heavy atom. The number of pyridine rings is 1. The lowest BCUT2D eigenvalue weighted by Crippen LogP contribution is -2.36.